The molecule has 0 saturated carbocycles. The highest BCUT2D eigenvalue weighted by Crippen LogP contribution is 2.28. The summed E-state index contributed by atoms with van der Waals surface area (Å²) >= 11 is 0. The Morgan fingerprint density at radius 2 is 1.84 bits per heavy atom. The number of hydrogen-bond acceptors (Lipinski definition) is 2. The molecule has 1 aromatic heterocycles. The molecule has 1 atom stereocenters. The van der Waals surface area contributed by atoms with Gasteiger partial charge in [-0.3, -0.25) is 4.79 Å². The number of hydrogen-bond donors (Lipinski definition) is 1. The predicted octanol–water partition coefficient (Wildman–Crippen LogP) is 6.25. The summed E-state index contributed by atoms with van der Waals surface area (Å²) in [4.78, 5) is 12.4. The monoisotopic (exact) mass is 335 g/mol. The molecule has 0 bridgehead atoms. The number of para-hydroxylation sites is 1. The fraction of sp³-hybridized carbons (Fsp3) is 0.318. The lowest BCUT2D eigenvalue weighted by Gasteiger charge is -2.14. The van der Waals surface area contributed by atoms with Crippen LogP contribution in [0.4, 0.5) is 5.69 Å². The molecule has 1 unspecified atom stereocenters. The SMILES string of the molecule is CCCCC(CC)C(=O)Nc1ccc(-c2cc3ccccc3o2)cc1. The molecule has 1 amide bonds. The van der Waals surface area contributed by atoms with E-state index in [0.29, 0.717) is 0 Å². The summed E-state index contributed by atoms with van der Waals surface area (Å²) in [6, 6.07) is 17.9. The quantitative estimate of drug-likeness (QED) is 0.554. The van der Waals surface area contributed by atoms with E-state index in [9.17, 15) is 4.79 Å². The second-order valence-electron chi connectivity index (χ2n) is 6.46. The minimum absolute atomic E-state index is 0.0926. The van der Waals surface area contributed by atoms with Crippen LogP contribution in [-0.2, 0) is 4.79 Å². The molecule has 1 N–H and O–H groups in total. The number of benzene rings is 2. The van der Waals surface area contributed by atoms with Gasteiger partial charge in [-0.25, -0.2) is 0 Å². The van der Waals surface area contributed by atoms with Crippen LogP contribution in [0.25, 0.3) is 22.3 Å². The first-order valence-electron chi connectivity index (χ1n) is 9.11. The molecule has 130 valence electrons. The molecule has 3 aromatic rings. The number of carbonyl (C=O) groups is 1. The molecule has 0 aliphatic carbocycles. The molecule has 0 saturated heterocycles. The van der Waals surface area contributed by atoms with Crippen molar-refractivity contribution >= 4 is 22.6 Å². The smallest absolute Gasteiger partial charge is 0.227 e. The summed E-state index contributed by atoms with van der Waals surface area (Å²) in [5, 5.41) is 4.13. The Morgan fingerprint density at radius 1 is 1.08 bits per heavy atom. The lowest BCUT2D eigenvalue weighted by molar-refractivity contribution is -0.120. The van der Waals surface area contributed by atoms with Crippen LogP contribution in [0.15, 0.2) is 59.0 Å². The summed E-state index contributed by atoms with van der Waals surface area (Å²) in [6.45, 7) is 4.23. The van der Waals surface area contributed by atoms with Crippen LogP contribution in [0.5, 0.6) is 0 Å². The molecule has 0 fully saturated rings. The number of carbonyl (C=O) groups excluding carboxylic acids is 1. The van der Waals surface area contributed by atoms with E-state index in [1.807, 2.05) is 54.6 Å². The van der Waals surface area contributed by atoms with Crippen molar-refractivity contribution in [3.8, 4) is 11.3 Å². The highest BCUT2D eigenvalue weighted by atomic mass is 16.3. The summed E-state index contributed by atoms with van der Waals surface area (Å²) < 4.78 is 5.89. The van der Waals surface area contributed by atoms with Crippen molar-refractivity contribution in [1.29, 1.82) is 0 Å². The molecular weight excluding hydrogens is 310 g/mol. The molecular formula is C22H25NO2. The fourth-order valence-corrected chi connectivity index (χ4v) is 3.06. The minimum Gasteiger partial charge on any atom is -0.456 e. The van der Waals surface area contributed by atoms with Crippen molar-refractivity contribution < 1.29 is 9.21 Å². The lowest BCUT2D eigenvalue weighted by Crippen LogP contribution is -2.22. The van der Waals surface area contributed by atoms with Crippen LogP contribution < -0.4 is 5.32 Å². The van der Waals surface area contributed by atoms with Crippen molar-refractivity contribution in [3.05, 3.63) is 54.6 Å². The maximum absolute atomic E-state index is 12.4. The first-order chi connectivity index (χ1) is 12.2. The standard InChI is InChI=1S/C22H25NO2/c1-3-5-8-16(4-2)22(24)23-19-13-11-17(12-14-19)21-15-18-9-6-7-10-20(18)25-21/h6-7,9-16H,3-5,8H2,1-2H3,(H,23,24). The van der Waals surface area contributed by atoms with Crippen LogP contribution in [-0.4, -0.2) is 5.91 Å². The number of anilines is 1. The third kappa shape index (κ3) is 4.11. The molecule has 3 nitrogen and oxygen atoms in total. The summed E-state index contributed by atoms with van der Waals surface area (Å²) in [5.41, 5.74) is 2.73. The molecule has 0 aliphatic rings. The van der Waals surface area contributed by atoms with Gasteiger partial charge in [-0.05, 0) is 49.2 Å². The van der Waals surface area contributed by atoms with Gasteiger partial charge in [0.05, 0.1) is 0 Å². The molecule has 0 radical (unpaired) electrons. The van der Waals surface area contributed by atoms with Gasteiger partial charge in [0.25, 0.3) is 0 Å². The van der Waals surface area contributed by atoms with Crippen LogP contribution in [0.1, 0.15) is 39.5 Å². The highest BCUT2D eigenvalue weighted by molar-refractivity contribution is 5.92. The Bertz CT molecular complexity index is 800. The fourth-order valence-electron chi connectivity index (χ4n) is 3.06. The van der Waals surface area contributed by atoms with Crippen molar-refractivity contribution in [2.75, 3.05) is 5.32 Å². The molecule has 3 heteroatoms. The molecule has 25 heavy (non-hydrogen) atoms. The van der Waals surface area contributed by atoms with E-state index in [1.165, 1.54) is 0 Å². The van der Waals surface area contributed by atoms with E-state index in [-0.39, 0.29) is 11.8 Å². The van der Waals surface area contributed by atoms with Gasteiger partial charge in [0.2, 0.25) is 5.91 Å². The largest absolute Gasteiger partial charge is 0.456 e. The number of nitrogens with one attached hydrogen (secondary N) is 1. The maximum atomic E-state index is 12.4. The second kappa shape index (κ2) is 8.02. The topological polar surface area (TPSA) is 42.2 Å². The first-order valence-corrected chi connectivity index (χ1v) is 9.11. The average Bonchev–Trinajstić information content (AvgIpc) is 3.07. The van der Waals surface area contributed by atoms with Gasteiger partial charge in [0, 0.05) is 22.6 Å². The Hall–Kier alpha value is -2.55. The van der Waals surface area contributed by atoms with Gasteiger partial charge in [0.15, 0.2) is 0 Å². The molecule has 3 rings (SSSR count). The van der Waals surface area contributed by atoms with Crippen molar-refractivity contribution in [3.63, 3.8) is 0 Å². The lowest BCUT2D eigenvalue weighted by atomic mass is 9.98. The minimum atomic E-state index is 0.0926. The summed E-state index contributed by atoms with van der Waals surface area (Å²) in [6.07, 6.45) is 4.05. The molecule has 2 aromatic carbocycles. The average molecular weight is 335 g/mol. The zero-order chi connectivity index (χ0) is 17.6. The van der Waals surface area contributed by atoms with Gasteiger partial charge in [-0.1, -0.05) is 44.9 Å². The second-order valence-corrected chi connectivity index (χ2v) is 6.46. The molecule has 1 heterocycles. The Labute approximate surface area is 149 Å². The van der Waals surface area contributed by atoms with Gasteiger partial charge < -0.3 is 9.73 Å². The summed E-state index contributed by atoms with van der Waals surface area (Å²) in [5.74, 6) is 1.05. The Balaban J connectivity index is 1.70. The zero-order valence-corrected chi connectivity index (χ0v) is 14.9. The van der Waals surface area contributed by atoms with Crippen molar-refractivity contribution in [2.45, 2.75) is 39.5 Å². The molecule has 0 spiro atoms. The van der Waals surface area contributed by atoms with Crippen molar-refractivity contribution in [2.24, 2.45) is 5.92 Å². The van der Waals surface area contributed by atoms with Gasteiger partial charge in [0.1, 0.15) is 11.3 Å². The Morgan fingerprint density at radius 3 is 2.52 bits per heavy atom. The van der Waals surface area contributed by atoms with E-state index in [0.717, 1.165) is 53.7 Å². The van der Waals surface area contributed by atoms with Gasteiger partial charge in [-0.15, -0.1) is 0 Å². The number of unbranched alkanes of at least 4 members (excludes halogenated alkanes) is 1. The first kappa shape index (κ1) is 17.3. The Kier molecular flexibility index (Phi) is 5.54. The van der Waals surface area contributed by atoms with E-state index in [4.69, 9.17) is 4.42 Å². The van der Waals surface area contributed by atoms with Crippen molar-refractivity contribution in [1.82, 2.24) is 0 Å². The third-order valence-electron chi connectivity index (χ3n) is 4.63. The van der Waals surface area contributed by atoms with Crippen LogP contribution >= 0.6 is 0 Å². The van der Waals surface area contributed by atoms with E-state index >= 15 is 0 Å². The number of rotatable bonds is 7. The normalized spacial score (nSPS) is 12.2. The van der Waals surface area contributed by atoms with E-state index in [1.54, 1.807) is 0 Å². The number of furan rings is 1. The third-order valence-corrected chi connectivity index (χ3v) is 4.63. The van der Waals surface area contributed by atoms with E-state index in [2.05, 4.69) is 19.2 Å². The maximum Gasteiger partial charge on any atom is 0.227 e. The molecule has 0 aliphatic heterocycles. The van der Waals surface area contributed by atoms with Crippen LogP contribution in [0.3, 0.4) is 0 Å². The number of amides is 1. The van der Waals surface area contributed by atoms with Crippen LogP contribution in [0.2, 0.25) is 0 Å². The van der Waals surface area contributed by atoms with Gasteiger partial charge >= 0.3 is 0 Å². The number of fused-ring (bicyclic) bond motifs is 1. The van der Waals surface area contributed by atoms with Gasteiger partial charge in [-0.2, -0.15) is 0 Å². The summed E-state index contributed by atoms with van der Waals surface area (Å²) in [7, 11) is 0. The van der Waals surface area contributed by atoms with E-state index < -0.39 is 0 Å². The van der Waals surface area contributed by atoms with Crippen LogP contribution in [0, 0.1) is 5.92 Å². The highest BCUT2D eigenvalue weighted by Gasteiger charge is 2.16. The predicted molar refractivity (Wildman–Crippen MR) is 104 cm³/mol. The zero-order valence-electron chi connectivity index (χ0n) is 14.9.